The average Bonchev–Trinajstić information content (AvgIpc) is 3.24. The maximum absolute atomic E-state index is 13.2. The van der Waals surface area contributed by atoms with Crippen LogP contribution in [-0.2, 0) is 16.1 Å². The highest BCUT2D eigenvalue weighted by Gasteiger charge is 2.29. The number of nitrogens with zero attached hydrogens (tertiary/aromatic N) is 1. The van der Waals surface area contributed by atoms with E-state index in [1.165, 1.54) is 4.90 Å². The third-order valence-corrected chi connectivity index (χ3v) is 6.50. The molecule has 2 aromatic rings. The van der Waals surface area contributed by atoms with E-state index in [2.05, 4.69) is 5.32 Å². The molecule has 1 aliphatic rings. The Balaban J connectivity index is 1.75. The summed E-state index contributed by atoms with van der Waals surface area (Å²) in [4.78, 5) is 27.6. The molecule has 2 amide bonds. The summed E-state index contributed by atoms with van der Waals surface area (Å²) in [6, 6.07) is 10.6. The Hall–Kier alpha value is -2.24. The summed E-state index contributed by atoms with van der Waals surface area (Å²) in [5, 5.41) is 3.94. The third kappa shape index (κ3) is 6.63. The van der Waals surface area contributed by atoms with Crippen LogP contribution in [0.15, 0.2) is 36.4 Å². The molecular weight excluding hydrogens is 447 g/mol. The molecule has 2 aromatic carbocycles. The first-order valence-corrected chi connectivity index (χ1v) is 11.7. The second kappa shape index (κ2) is 11.1. The smallest absolute Gasteiger partial charge is 0.261 e. The van der Waals surface area contributed by atoms with Crippen LogP contribution in [0.2, 0.25) is 10.0 Å². The predicted molar refractivity (Wildman–Crippen MR) is 128 cm³/mol. The molecule has 3 rings (SSSR count). The zero-order chi connectivity index (χ0) is 23.3. The highest BCUT2D eigenvalue weighted by molar-refractivity contribution is 6.42. The molecule has 0 bridgehead atoms. The van der Waals surface area contributed by atoms with Gasteiger partial charge in [-0.1, -0.05) is 48.2 Å². The van der Waals surface area contributed by atoms with Gasteiger partial charge in [0.1, 0.15) is 11.8 Å². The zero-order valence-corrected chi connectivity index (χ0v) is 20.3. The summed E-state index contributed by atoms with van der Waals surface area (Å²) < 4.78 is 5.78. The Morgan fingerprint density at radius 1 is 1.06 bits per heavy atom. The molecule has 0 aromatic heterocycles. The van der Waals surface area contributed by atoms with Gasteiger partial charge in [0.25, 0.3) is 5.91 Å². The lowest BCUT2D eigenvalue weighted by Crippen LogP contribution is -2.50. The second-order valence-corrected chi connectivity index (χ2v) is 9.36. The van der Waals surface area contributed by atoms with Crippen LogP contribution >= 0.6 is 23.2 Å². The molecule has 1 N–H and O–H groups in total. The number of hydrogen-bond donors (Lipinski definition) is 1. The van der Waals surface area contributed by atoms with Crippen molar-refractivity contribution in [1.82, 2.24) is 10.2 Å². The number of ether oxygens (including phenoxy) is 1. The van der Waals surface area contributed by atoms with Crippen molar-refractivity contribution in [3.63, 3.8) is 0 Å². The van der Waals surface area contributed by atoms with Crippen LogP contribution in [0.4, 0.5) is 0 Å². The molecule has 1 atom stereocenters. The maximum atomic E-state index is 13.2. The summed E-state index contributed by atoms with van der Waals surface area (Å²) in [6.45, 7) is 5.77. The van der Waals surface area contributed by atoms with Crippen molar-refractivity contribution in [3.8, 4) is 5.75 Å². The van der Waals surface area contributed by atoms with Crippen LogP contribution < -0.4 is 10.1 Å². The van der Waals surface area contributed by atoms with Crippen molar-refractivity contribution < 1.29 is 14.3 Å². The number of carbonyl (C=O) groups is 2. The van der Waals surface area contributed by atoms with E-state index in [1.807, 2.05) is 32.0 Å². The first kappa shape index (κ1) is 24.4. The number of halogens is 2. The summed E-state index contributed by atoms with van der Waals surface area (Å²) in [5.74, 6) is 0.203. The SMILES string of the molecule is Cc1cc(C)cc(OCC(=O)N(Cc2ccc(Cl)c(Cl)c2)C(C)C(=O)NC2CCCC2)c1. The topological polar surface area (TPSA) is 58.6 Å². The van der Waals surface area contributed by atoms with Gasteiger partial charge in [0.2, 0.25) is 5.91 Å². The quantitative estimate of drug-likeness (QED) is 0.549. The van der Waals surface area contributed by atoms with Crippen molar-refractivity contribution in [2.24, 2.45) is 0 Å². The van der Waals surface area contributed by atoms with E-state index in [1.54, 1.807) is 25.1 Å². The van der Waals surface area contributed by atoms with Gasteiger partial charge in [-0.2, -0.15) is 0 Å². The largest absolute Gasteiger partial charge is 0.484 e. The third-order valence-electron chi connectivity index (χ3n) is 5.76. The van der Waals surface area contributed by atoms with E-state index in [9.17, 15) is 9.59 Å². The number of carbonyl (C=O) groups excluding carboxylic acids is 2. The second-order valence-electron chi connectivity index (χ2n) is 8.55. The molecule has 5 nitrogen and oxygen atoms in total. The number of hydrogen-bond acceptors (Lipinski definition) is 3. The van der Waals surface area contributed by atoms with E-state index in [4.69, 9.17) is 27.9 Å². The van der Waals surface area contributed by atoms with Gasteiger partial charge in [-0.25, -0.2) is 0 Å². The summed E-state index contributed by atoms with van der Waals surface area (Å²) in [7, 11) is 0. The highest BCUT2D eigenvalue weighted by atomic mass is 35.5. The Labute approximate surface area is 200 Å². The molecule has 0 radical (unpaired) electrons. The minimum absolute atomic E-state index is 0.156. The fourth-order valence-corrected chi connectivity index (χ4v) is 4.37. The van der Waals surface area contributed by atoms with Gasteiger partial charge in [-0.15, -0.1) is 0 Å². The molecule has 1 unspecified atom stereocenters. The summed E-state index contributed by atoms with van der Waals surface area (Å²) >= 11 is 12.2. The Bertz CT molecular complexity index is 953. The predicted octanol–water partition coefficient (Wildman–Crippen LogP) is 5.47. The molecule has 7 heteroatoms. The van der Waals surface area contributed by atoms with Gasteiger partial charge in [0, 0.05) is 12.6 Å². The van der Waals surface area contributed by atoms with Crippen molar-refractivity contribution in [3.05, 3.63) is 63.1 Å². The van der Waals surface area contributed by atoms with Crippen molar-refractivity contribution in [2.75, 3.05) is 6.61 Å². The van der Waals surface area contributed by atoms with Crippen molar-refractivity contribution >= 4 is 35.0 Å². The van der Waals surface area contributed by atoms with Gasteiger partial charge < -0.3 is 15.0 Å². The van der Waals surface area contributed by atoms with Gasteiger partial charge in [0.15, 0.2) is 6.61 Å². The lowest BCUT2D eigenvalue weighted by atomic mass is 10.1. The number of nitrogens with one attached hydrogen (secondary N) is 1. The van der Waals surface area contributed by atoms with Crippen LogP contribution in [0.1, 0.15) is 49.3 Å². The van der Waals surface area contributed by atoms with Crippen LogP contribution in [0.5, 0.6) is 5.75 Å². The normalized spacial score (nSPS) is 14.8. The number of benzene rings is 2. The van der Waals surface area contributed by atoms with Crippen LogP contribution in [-0.4, -0.2) is 35.4 Å². The number of aryl methyl sites for hydroxylation is 2. The fourth-order valence-electron chi connectivity index (χ4n) is 4.05. The first-order valence-electron chi connectivity index (χ1n) is 11.0. The lowest BCUT2D eigenvalue weighted by molar-refractivity contribution is -0.142. The molecular formula is C25H30Cl2N2O3. The summed E-state index contributed by atoms with van der Waals surface area (Å²) in [5.41, 5.74) is 2.91. The molecule has 0 aliphatic heterocycles. The minimum atomic E-state index is -0.652. The monoisotopic (exact) mass is 476 g/mol. The van der Waals surface area contributed by atoms with Crippen LogP contribution in [0.25, 0.3) is 0 Å². The van der Waals surface area contributed by atoms with Crippen LogP contribution in [0.3, 0.4) is 0 Å². The van der Waals surface area contributed by atoms with Crippen LogP contribution in [0, 0.1) is 13.8 Å². The van der Waals surface area contributed by atoms with E-state index >= 15 is 0 Å². The molecule has 0 heterocycles. The van der Waals surface area contributed by atoms with Gasteiger partial charge in [-0.05, 0) is 74.6 Å². The van der Waals surface area contributed by atoms with Crippen molar-refractivity contribution in [2.45, 2.75) is 65.1 Å². The molecule has 0 saturated heterocycles. The standard InChI is InChI=1S/C25H30Cl2N2O3/c1-16-10-17(2)12-21(11-16)32-15-24(30)29(14-19-8-9-22(26)23(27)13-19)18(3)25(31)28-20-6-4-5-7-20/h8-13,18,20H,4-7,14-15H2,1-3H3,(H,28,31). The van der Waals surface area contributed by atoms with Gasteiger partial charge in [-0.3, -0.25) is 9.59 Å². The highest BCUT2D eigenvalue weighted by Crippen LogP contribution is 2.24. The zero-order valence-electron chi connectivity index (χ0n) is 18.8. The molecule has 32 heavy (non-hydrogen) atoms. The number of rotatable bonds is 8. The Morgan fingerprint density at radius 2 is 1.72 bits per heavy atom. The molecule has 1 aliphatic carbocycles. The lowest BCUT2D eigenvalue weighted by Gasteiger charge is -2.29. The Morgan fingerprint density at radius 3 is 2.34 bits per heavy atom. The fraction of sp³-hybridized carbons (Fsp3) is 0.440. The summed E-state index contributed by atoms with van der Waals surface area (Å²) in [6.07, 6.45) is 4.20. The molecule has 0 spiro atoms. The van der Waals surface area contributed by atoms with E-state index in [0.29, 0.717) is 15.8 Å². The van der Waals surface area contributed by atoms with E-state index < -0.39 is 6.04 Å². The maximum Gasteiger partial charge on any atom is 0.261 e. The van der Waals surface area contributed by atoms with E-state index in [-0.39, 0.29) is 31.0 Å². The first-order chi connectivity index (χ1) is 15.2. The van der Waals surface area contributed by atoms with Gasteiger partial charge >= 0.3 is 0 Å². The van der Waals surface area contributed by atoms with Crippen molar-refractivity contribution in [1.29, 1.82) is 0 Å². The Kier molecular flexibility index (Phi) is 8.44. The minimum Gasteiger partial charge on any atom is -0.484 e. The molecule has 1 fully saturated rings. The number of amides is 2. The van der Waals surface area contributed by atoms with Gasteiger partial charge in [0.05, 0.1) is 10.0 Å². The van der Waals surface area contributed by atoms with E-state index in [0.717, 1.165) is 42.4 Å². The molecule has 1 saturated carbocycles. The average molecular weight is 477 g/mol. The molecule has 172 valence electrons.